The Morgan fingerprint density at radius 3 is 2.81 bits per heavy atom. The summed E-state index contributed by atoms with van der Waals surface area (Å²) in [5.41, 5.74) is -0.119. The summed E-state index contributed by atoms with van der Waals surface area (Å²) in [6.07, 6.45) is 2.71. The van der Waals surface area contributed by atoms with Crippen LogP contribution in [0.25, 0.3) is 0 Å². The molecule has 1 aromatic rings. The van der Waals surface area contributed by atoms with E-state index < -0.39 is 11.5 Å². The van der Waals surface area contributed by atoms with Crippen molar-refractivity contribution in [3.63, 3.8) is 0 Å². The summed E-state index contributed by atoms with van der Waals surface area (Å²) >= 11 is 0. The van der Waals surface area contributed by atoms with Crippen molar-refractivity contribution in [2.24, 2.45) is 0 Å². The van der Waals surface area contributed by atoms with Crippen LogP contribution in [0.4, 0.5) is 0 Å². The molecule has 1 fully saturated rings. The lowest BCUT2D eigenvalue weighted by Crippen LogP contribution is -2.61. The van der Waals surface area contributed by atoms with Gasteiger partial charge in [0.05, 0.1) is 0 Å². The van der Waals surface area contributed by atoms with Crippen LogP contribution in [0.15, 0.2) is 43.0 Å². The number of likely N-dealkylation sites (tertiary alicyclic amines) is 1. The number of ether oxygens (including phenoxy) is 1. The number of carbonyl (C=O) groups is 2. The first-order chi connectivity index (χ1) is 10.1. The van der Waals surface area contributed by atoms with Gasteiger partial charge in [0.15, 0.2) is 11.3 Å². The number of hydrogen-bond donors (Lipinski definition) is 0. The van der Waals surface area contributed by atoms with Gasteiger partial charge in [-0.05, 0) is 18.9 Å². The Balaban J connectivity index is 2.21. The minimum absolute atomic E-state index is 0.0706. The molecule has 0 bridgehead atoms. The molecule has 1 aromatic carbocycles. The summed E-state index contributed by atoms with van der Waals surface area (Å²) in [6.45, 7) is 6.60. The molecule has 2 rings (SSSR count). The maximum absolute atomic E-state index is 12.4. The zero-order valence-electron chi connectivity index (χ0n) is 12.4. The molecule has 1 unspecified atom stereocenters. The van der Waals surface area contributed by atoms with Gasteiger partial charge in [0.25, 0.3) is 0 Å². The number of nitrogens with zero attached hydrogens (tertiary/aromatic N) is 1. The highest BCUT2D eigenvalue weighted by Gasteiger charge is 2.49. The van der Waals surface area contributed by atoms with E-state index >= 15 is 0 Å². The molecule has 0 radical (unpaired) electrons. The van der Waals surface area contributed by atoms with E-state index in [0.29, 0.717) is 19.5 Å². The van der Waals surface area contributed by atoms with Crippen molar-refractivity contribution in [1.29, 1.82) is 0 Å². The monoisotopic (exact) mass is 287 g/mol. The van der Waals surface area contributed by atoms with E-state index in [2.05, 4.69) is 6.58 Å². The second-order valence-corrected chi connectivity index (χ2v) is 5.39. The van der Waals surface area contributed by atoms with Crippen molar-refractivity contribution >= 4 is 11.8 Å². The van der Waals surface area contributed by atoms with Gasteiger partial charge in [-0.1, -0.05) is 43.0 Å². The first-order valence-electron chi connectivity index (χ1n) is 7.19. The zero-order valence-corrected chi connectivity index (χ0v) is 12.4. The average Bonchev–Trinajstić information content (AvgIpc) is 2.50. The molecule has 0 amide bonds. The van der Waals surface area contributed by atoms with Gasteiger partial charge in [0.1, 0.15) is 6.61 Å². The van der Waals surface area contributed by atoms with E-state index in [1.807, 2.05) is 35.2 Å². The van der Waals surface area contributed by atoms with E-state index in [1.54, 1.807) is 6.92 Å². The first-order valence-corrected chi connectivity index (χ1v) is 7.19. The number of piperidine rings is 1. The second kappa shape index (κ2) is 6.68. The van der Waals surface area contributed by atoms with Crippen LogP contribution in [0.1, 0.15) is 25.3 Å². The fourth-order valence-corrected chi connectivity index (χ4v) is 2.63. The highest BCUT2D eigenvalue weighted by Crippen LogP contribution is 2.28. The van der Waals surface area contributed by atoms with E-state index in [9.17, 15) is 9.59 Å². The molecular formula is C17H21NO3. The third-order valence-corrected chi connectivity index (χ3v) is 3.95. The number of Topliss-reactive ketones (excluding diaryl/α,β-unsaturated/α-hetero) is 1. The molecule has 1 saturated heterocycles. The Morgan fingerprint density at radius 2 is 2.14 bits per heavy atom. The topological polar surface area (TPSA) is 46.6 Å². The van der Waals surface area contributed by atoms with E-state index in [0.717, 1.165) is 12.0 Å². The molecular weight excluding hydrogens is 266 g/mol. The molecule has 4 nitrogen and oxygen atoms in total. The summed E-state index contributed by atoms with van der Waals surface area (Å²) in [4.78, 5) is 26.6. The largest absolute Gasteiger partial charge is 0.460 e. The first kappa shape index (κ1) is 15.4. The minimum atomic E-state index is -1.20. The Labute approximate surface area is 125 Å². The molecule has 21 heavy (non-hydrogen) atoms. The smallest absolute Gasteiger partial charge is 0.334 e. The lowest BCUT2D eigenvalue weighted by molar-refractivity contribution is -0.164. The molecule has 1 aliphatic rings. The summed E-state index contributed by atoms with van der Waals surface area (Å²) in [5.74, 6) is -0.554. The fourth-order valence-electron chi connectivity index (χ4n) is 2.63. The number of rotatable bonds is 5. The van der Waals surface area contributed by atoms with Crippen LogP contribution in [0, 0.1) is 0 Å². The molecule has 1 aliphatic heterocycles. The molecule has 112 valence electrons. The molecule has 0 aliphatic carbocycles. The van der Waals surface area contributed by atoms with Gasteiger partial charge in [0.2, 0.25) is 0 Å². The fraction of sp³-hybridized carbons (Fsp3) is 0.412. The Kier molecular flexibility index (Phi) is 4.91. The van der Waals surface area contributed by atoms with Crippen LogP contribution < -0.4 is 0 Å². The normalized spacial score (nSPS) is 22.8. The quantitative estimate of drug-likeness (QED) is 0.474. The van der Waals surface area contributed by atoms with Gasteiger partial charge in [-0.25, -0.2) is 4.79 Å². The third kappa shape index (κ3) is 3.22. The maximum atomic E-state index is 12.4. The van der Waals surface area contributed by atoms with Crippen LogP contribution in [-0.4, -0.2) is 35.3 Å². The highest BCUT2D eigenvalue weighted by atomic mass is 16.5. The number of esters is 1. The molecule has 0 saturated carbocycles. The van der Waals surface area contributed by atoms with Crippen molar-refractivity contribution < 1.29 is 14.3 Å². The molecule has 1 atom stereocenters. The maximum Gasteiger partial charge on any atom is 0.334 e. The summed E-state index contributed by atoms with van der Waals surface area (Å²) in [7, 11) is 0. The van der Waals surface area contributed by atoms with Gasteiger partial charge in [-0.2, -0.15) is 0 Å². The lowest BCUT2D eigenvalue weighted by Gasteiger charge is -2.41. The Hall–Kier alpha value is -1.94. The van der Waals surface area contributed by atoms with Crippen LogP contribution in [0.3, 0.4) is 0 Å². The summed E-state index contributed by atoms with van der Waals surface area (Å²) in [6, 6.07) is 9.84. The predicted octanol–water partition coefficient (Wildman–Crippen LogP) is 2.34. The average molecular weight is 287 g/mol. The molecule has 0 spiro atoms. The number of hydrogen-bond acceptors (Lipinski definition) is 4. The standard InChI is InChI=1S/C17H21NO3/c1-3-12-21-16(20)17(2)15(19)10-7-11-18(17)13-14-8-5-4-6-9-14/h3-6,8-9H,1,7,10-13H2,2H3. The van der Waals surface area contributed by atoms with Crippen molar-refractivity contribution in [1.82, 2.24) is 4.90 Å². The Morgan fingerprint density at radius 1 is 1.43 bits per heavy atom. The van der Waals surface area contributed by atoms with Gasteiger partial charge in [0, 0.05) is 19.5 Å². The minimum Gasteiger partial charge on any atom is -0.460 e. The predicted molar refractivity (Wildman–Crippen MR) is 80.7 cm³/mol. The molecule has 0 N–H and O–H groups in total. The number of carbonyl (C=O) groups excluding carboxylic acids is 2. The van der Waals surface area contributed by atoms with Crippen LogP contribution in [0.2, 0.25) is 0 Å². The molecule has 0 aromatic heterocycles. The second-order valence-electron chi connectivity index (χ2n) is 5.39. The summed E-state index contributed by atoms with van der Waals surface area (Å²) < 4.78 is 5.15. The van der Waals surface area contributed by atoms with Crippen molar-refractivity contribution in [2.75, 3.05) is 13.2 Å². The van der Waals surface area contributed by atoms with E-state index in [-0.39, 0.29) is 12.4 Å². The zero-order chi connectivity index (χ0) is 15.3. The molecule has 4 heteroatoms. The van der Waals surface area contributed by atoms with Crippen molar-refractivity contribution in [3.05, 3.63) is 48.6 Å². The number of ketones is 1. The Bertz CT molecular complexity index is 526. The van der Waals surface area contributed by atoms with Crippen LogP contribution in [0.5, 0.6) is 0 Å². The van der Waals surface area contributed by atoms with Gasteiger partial charge in [-0.15, -0.1) is 0 Å². The van der Waals surface area contributed by atoms with Crippen LogP contribution in [-0.2, 0) is 20.9 Å². The van der Waals surface area contributed by atoms with E-state index in [1.165, 1.54) is 6.08 Å². The lowest BCUT2D eigenvalue weighted by atomic mass is 9.86. The van der Waals surface area contributed by atoms with Crippen LogP contribution >= 0.6 is 0 Å². The van der Waals surface area contributed by atoms with Gasteiger partial charge < -0.3 is 4.74 Å². The van der Waals surface area contributed by atoms with Gasteiger partial charge >= 0.3 is 5.97 Å². The molecule has 1 heterocycles. The third-order valence-electron chi connectivity index (χ3n) is 3.95. The van der Waals surface area contributed by atoms with E-state index in [4.69, 9.17) is 4.74 Å². The SMILES string of the molecule is C=CCOC(=O)C1(C)C(=O)CCCN1Cc1ccccc1. The van der Waals surface area contributed by atoms with Gasteiger partial charge in [-0.3, -0.25) is 9.69 Å². The van der Waals surface area contributed by atoms with Crippen molar-refractivity contribution in [3.8, 4) is 0 Å². The number of benzene rings is 1. The van der Waals surface area contributed by atoms with Crippen molar-refractivity contribution in [2.45, 2.75) is 31.8 Å². The highest BCUT2D eigenvalue weighted by molar-refractivity contribution is 6.08. The summed E-state index contributed by atoms with van der Waals surface area (Å²) in [5, 5.41) is 0.